The van der Waals surface area contributed by atoms with Crippen LogP contribution >= 0.6 is 0 Å². The predicted octanol–water partition coefficient (Wildman–Crippen LogP) is 3.26. The quantitative estimate of drug-likeness (QED) is 0.456. The van der Waals surface area contributed by atoms with Gasteiger partial charge < -0.3 is 5.32 Å². The van der Waals surface area contributed by atoms with E-state index in [0.29, 0.717) is 25.9 Å². The van der Waals surface area contributed by atoms with Crippen molar-refractivity contribution < 1.29 is 14.4 Å². The van der Waals surface area contributed by atoms with Gasteiger partial charge in [-0.2, -0.15) is 0 Å². The van der Waals surface area contributed by atoms with Crippen molar-refractivity contribution in [2.75, 3.05) is 51.1 Å². The van der Waals surface area contributed by atoms with Crippen LogP contribution in [-0.4, -0.2) is 79.3 Å². The van der Waals surface area contributed by atoms with Gasteiger partial charge in [-0.25, -0.2) is 0 Å². The molecule has 0 bridgehead atoms. The van der Waals surface area contributed by atoms with E-state index in [1.165, 1.54) is 5.56 Å². The number of hydrogen-bond acceptors (Lipinski definition) is 6. The summed E-state index contributed by atoms with van der Waals surface area (Å²) in [4.78, 5) is 46.5. The third-order valence-electron chi connectivity index (χ3n) is 7.10. The van der Waals surface area contributed by atoms with Gasteiger partial charge in [0.05, 0.1) is 13.1 Å². The molecule has 2 fully saturated rings. The molecule has 1 saturated carbocycles. The average molecular weight is 489 g/mol. The highest BCUT2D eigenvalue weighted by Gasteiger charge is 2.34. The Hall–Kier alpha value is -3.16. The van der Waals surface area contributed by atoms with Crippen molar-refractivity contribution in [2.45, 2.75) is 32.6 Å². The number of nitrogens with zero attached hydrogens (tertiary/aromatic N) is 3. The normalized spacial score (nSPS) is 21.7. The van der Waals surface area contributed by atoms with Crippen molar-refractivity contribution in [1.29, 1.82) is 0 Å². The summed E-state index contributed by atoms with van der Waals surface area (Å²) in [5.41, 5.74) is 4.21. The molecule has 2 aromatic carbocycles. The molecule has 0 unspecified atom stereocenters. The monoisotopic (exact) mass is 488 g/mol. The minimum absolute atomic E-state index is 0.00309. The van der Waals surface area contributed by atoms with Crippen LogP contribution in [0.1, 0.15) is 35.4 Å². The summed E-state index contributed by atoms with van der Waals surface area (Å²) < 4.78 is 0. The summed E-state index contributed by atoms with van der Waals surface area (Å²) in [6.45, 7) is 9.16. The van der Waals surface area contributed by atoms with Gasteiger partial charge in [0.1, 0.15) is 17.5 Å². The van der Waals surface area contributed by atoms with Crippen molar-refractivity contribution in [3.8, 4) is 0 Å². The second-order valence-electron chi connectivity index (χ2n) is 10.0. The number of rotatable bonds is 8. The molecule has 7 heteroatoms. The van der Waals surface area contributed by atoms with Gasteiger partial charge in [-0.05, 0) is 37.5 Å². The van der Waals surface area contributed by atoms with Crippen molar-refractivity contribution in [3.63, 3.8) is 0 Å². The Kier molecular flexibility index (Phi) is 8.78. The molecular formula is C29H36N4O3. The molecule has 2 aliphatic rings. The fourth-order valence-corrected chi connectivity index (χ4v) is 4.82. The fraction of sp³-hybridized carbons (Fsp3) is 0.448. The second kappa shape index (κ2) is 12.2. The van der Waals surface area contributed by atoms with E-state index < -0.39 is 5.92 Å². The Balaban J connectivity index is 1.15. The van der Waals surface area contributed by atoms with Gasteiger partial charge in [-0.1, -0.05) is 47.5 Å². The third kappa shape index (κ3) is 7.18. The first-order valence-electron chi connectivity index (χ1n) is 12.8. The number of carbonyl (C=O) groups is 3. The molecule has 1 aliphatic heterocycles. The van der Waals surface area contributed by atoms with Crippen molar-refractivity contribution >= 4 is 29.4 Å². The fourth-order valence-electron chi connectivity index (χ4n) is 4.82. The van der Waals surface area contributed by atoms with Gasteiger partial charge in [0, 0.05) is 57.5 Å². The lowest BCUT2D eigenvalue weighted by Crippen LogP contribution is -2.49. The molecule has 190 valence electrons. The number of carbonyl (C=O) groups excluding carboxylic acids is 3. The minimum atomic E-state index is -0.699. The van der Waals surface area contributed by atoms with Gasteiger partial charge in [0.2, 0.25) is 5.91 Å². The molecule has 7 nitrogen and oxygen atoms in total. The van der Waals surface area contributed by atoms with Gasteiger partial charge in [0.25, 0.3) is 0 Å². The third-order valence-corrected chi connectivity index (χ3v) is 7.10. The van der Waals surface area contributed by atoms with E-state index in [2.05, 4.69) is 20.1 Å². The molecule has 0 atom stereocenters. The molecule has 1 N–H and O–H groups in total. The number of ketones is 2. The average Bonchev–Trinajstić information content (AvgIpc) is 2.86. The molecule has 1 amide bonds. The van der Waals surface area contributed by atoms with Crippen LogP contribution in [0.4, 0.5) is 5.69 Å². The van der Waals surface area contributed by atoms with Crippen LogP contribution in [0.15, 0.2) is 53.5 Å². The Bertz CT molecular complexity index is 1070. The lowest BCUT2D eigenvalue weighted by atomic mass is 9.77. The number of benzene rings is 2. The number of aryl methyl sites for hydroxylation is 2. The lowest BCUT2D eigenvalue weighted by Gasteiger charge is -2.33. The first kappa shape index (κ1) is 25.9. The molecule has 36 heavy (non-hydrogen) atoms. The maximum Gasteiger partial charge on any atom is 0.238 e. The SMILES string of the molecule is Cc1ccc(NC(=O)CN2CCN(CCN=CC3C(=O)CC(c4ccc(C)cc4)CC3=O)CC2)cc1. The number of Topliss-reactive ketones (excluding diaryl/α,β-unsaturated/α-hetero) is 2. The van der Waals surface area contributed by atoms with Crippen LogP contribution in [0, 0.1) is 19.8 Å². The van der Waals surface area contributed by atoms with Crippen molar-refractivity contribution in [3.05, 3.63) is 65.2 Å². The van der Waals surface area contributed by atoms with Crippen LogP contribution in [0.2, 0.25) is 0 Å². The van der Waals surface area contributed by atoms with E-state index in [-0.39, 0.29) is 23.4 Å². The Morgan fingerprint density at radius 2 is 1.44 bits per heavy atom. The molecule has 2 aromatic rings. The van der Waals surface area contributed by atoms with E-state index >= 15 is 0 Å². The molecule has 4 rings (SSSR count). The van der Waals surface area contributed by atoms with Gasteiger partial charge in [0.15, 0.2) is 0 Å². The van der Waals surface area contributed by atoms with Crippen LogP contribution in [0.3, 0.4) is 0 Å². The molecule has 0 aromatic heterocycles. The zero-order chi connectivity index (χ0) is 25.5. The predicted molar refractivity (Wildman–Crippen MR) is 143 cm³/mol. The summed E-state index contributed by atoms with van der Waals surface area (Å²) in [7, 11) is 0. The van der Waals surface area contributed by atoms with Crippen LogP contribution in [0.25, 0.3) is 0 Å². The molecule has 1 saturated heterocycles. The topological polar surface area (TPSA) is 82.1 Å². The molecule has 1 heterocycles. The largest absolute Gasteiger partial charge is 0.325 e. The van der Waals surface area contributed by atoms with Crippen LogP contribution < -0.4 is 5.32 Å². The summed E-state index contributed by atoms with van der Waals surface area (Å²) in [5.74, 6) is -0.777. The number of piperazine rings is 1. The van der Waals surface area contributed by atoms with Gasteiger partial charge >= 0.3 is 0 Å². The summed E-state index contributed by atoms with van der Waals surface area (Å²) in [6.07, 6.45) is 2.36. The van der Waals surface area contributed by atoms with E-state index in [1.807, 2.05) is 62.4 Å². The van der Waals surface area contributed by atoms with Crippen LogP contribution in [-0.2, 0) is 14.4 Å². The maximum atomic E-state index is 12.6. The first-order valence-corrected chi connectivity index (χ1v) is 12.8. The lowest BCUT2D eigenvalue weighted by molar-refractivity contribution is -0.133. The number of nitrogens with one attached hydrogen (secondary N) is 1. The highest BCUT2D eigenvalue weighted by Crippen LogP contribution is 2.31. The van der Waals surface area contributed by atoms with E-state index in [9.17, 15) is 14.4 Å². The smallest absolute Gasteiger partial charge is 0.238 e. The first-order chi connectivity index (χ1) is 17.4. The van der Waals surface area contributed by atoms with Gasteiger partial charge in [-0.15, -0.1) is 0 Å². The highest BCUT2D eigenvalue weighted by atomic mass is 16.2. The van der Waals surface area contributed by atoms with Gasteiger partial charge in [-0.3, -0.25) is 29.2 Å². The van der Waals surface area contributed by atoms with Crippen molar-refractivity contribution in [2.24, 2.45) is 10.9 Å². The number of hydrogen-bond donors (Lipinski definition) is 1. The standard InChI is InChI=1S/C29H36N4O3/c1-21-3-7-23(8-4-21)24-17-27(34)26(28(35)18-24)19-30-11-12-32-13-15-33(16-14-32)20-29(36)31-25-9-5-22(2)6-10-25/h3-10,19,24,26H,11-18,20H2,1-2H3,(H,31,36). The van der Waals surface area contributed by atoms with E-state index in [4.69, 9.17) is 0 Å². The molecule has 0 spiro atoms. The second-order valence-corrected chi connectivity index (χ2v) is 10.0. The zero-order valence-electron chi connectivity index (χ0n) is 21.3. The minimum Gasteiger partial charge on any atom is -0.325 e. The Morgan fingerprint density at radius 1 is 0.889 bits per heavy atom. The number of aliphatic imine (C=N–C) groups is 1. The van der Waals surface area contributed by atoms with E-state index in [0.717, 1.165) is 49.5 Å². The summed E-state index contributed by atoms with van der Waals surface area (Å²) >= 11 is 0. The summed E-state index contributed by atoms with van der Waals surface area (Å²) in [5, 5.41) is 2.95. The van der Waals surface area contributed by atoms with Crippen LogP contribution in [0.5, 0.6) is 0 Å². The molecule has 1 aliphatic carbocycles. The number of amides is 1. The summed E-state index contributed by atoms with van der Waals surface area (Å²) in [6, 6.07) is 15.9. The zero-order valence-corrected chi connectivity index (χ0v) is 21.3. The molecule has 0 radical (unpaired) electrons. The van der Waals surface area contributed by atoms with E-state index in [1.54, 1.807) is 6.21 Å². The number of anilines is 1. The Morgan fingerprint density at radius 3 is 2.06 bits per heavy atom. The molecular weight excluding hydrogens is 452 g/mol. The highest BCUT2D eigenvalue weighted by molar-refractivity contribution is 6.16. The van der Waals surface area contributed by atoms with Crippen molar-refractivity contribution in [1.82, 2.24) is 9.80 Å². The Labute approximate surface area is 213 Å². The maximum absolute atomic E-state index is 12.6.